The Hall–Kier alpha value is -1.76. The lowest BCUT2D eigenvalue weighted by Gasteiger charge is -1.98. The van der Waals surface area contributed by atoms with Gasteiger partial charge in [-0.05, 0) is 13.8 Å². The number of carbonyl (C=O) groups excluding carboxylic acids is 1. The lowest BCUT2D eigenvalue weighted by molar-refractivity contribution is 0.0945. The highest BCUT2D eigenvalue weighted by molar-refractivity contribution is 7.11. The first-order valence-corrected chi connectivity index (χ1v) is 5.95. The predicted molar refractivity (Wildman–Crippen MR) is 63.8 cm³/mol. The normalized spacial score (nSPS) is 10.5. The third-order valence-corrected chi connectivity index (χ3v) is 3.38. The van der Waals surface area contributed by atoms with Crippen molar-refractivity contribution in [3.05, 3.63) is 27.5 Å². The molecule has 0 aliphatic carbocycles. The van der Waals surface area contributed by atoms with Crippen LogP contribution in [0.2, 0.25) is 0 Å². The van der Waals surface area contributed by atoms with Crippen molar-refractivity contribution in [2.24, 2.45) is 7.05 Å². The molecule has 0 unspecified atom stereocenters. The number of amides is 1. The molecule has 0 radical (unpaired) electrons. The number of nitrogens with one attached hydrogen (secondary N) is 1. The maximum atomic E-state index is 11.7. The maximum Gasteiger partial charge on any atom is 0.273 e. The summed E-state index contributed by atoms with van der Waals surface area (Å²) in [5.74, 6) is -0.233. The van der Waals surface area contributed by atoms with Crippen LogP contribution in [0.5, 0.6) is 0 Å². The number of hydrogen-bond donors (Lipinski definition) is 1. The Morgan fingerprint density at radius 2 is 2.29 bits per heavy atom. The first kappa shape index (κ1) is 11.7. The van der Waals surface area contributed by atoms with E-state index in [1.54, 1.807) is 24.6 Å². The second-order valence-electron chi connectivity index (χ2n) is 3.71. The van der Waals surface area contributed by atoms with Gasteiger partial charge in [0.15, 0.2) is 5.69 Å². The van der Waals surface area contributed by atoms with E-state index in [9.17, 15) is 4.79 Å². The summed E-state index contributed by atoms with van der Waals surface area (Å²) in [7, 11) is 1.72. The summed E-state index contributed by atoms with van der Waals surface area (Å²) in [5.41, 5.74) is 1.33. The molecule has 0 saturated heterocycles. The number of nitrogens with zero attached hydrogens (tertiary/aromatic N) is 4. The molecule has 2 aromatic heterocycles. The molecule has 90 valence electrons. The van der Waals surface area contributed by atoms with Crippen molar-refractivity contribution < 1.29 is 4.79 Å². The molecule has 2 heterocycles. The van der Waals surface area contributed by atoms with Gasteiger partial charge < -0.3 is 5.32 Å². The molecule has 7 heteroatoms. The Labute approximate surface area is 103 Å². The largest absolute Gasteiger partial charge is 0.344 e. The van der Waals surface area contributed by atoms with Gasteiger partial charge in [-0.1, -0.05) is 5.21 Å². The van der Waals surface area contributed by atoms with Crippen LogP contribution in [0.25, 0.3) is 0 Å². The van der Waals surface area contributed by atoms with Gasteiger partial charge in [0.1, 0.15) is 5.01 Å². The Bertz CT molecular complexity index is 525. The first-order valence-electron chi connectivity index (χ1n) is 5.13. The molecule has 0 aliphatic rings. The lowest BCUT2D eigenvalue weighted by Crippen LogP contribution is -2.23. The summed E-state index contributed by atoms with van der Waals surface area (Å²) in [6, 6.07) is 0. The zero-order valence-electron chi connectivity index (χ0n) is 9.89. The van der Waals surface area contributed by atoms with Gasteiger partial charge in [0.05, 0.1) is 18.4 Å². The zero-order chi connectivity index (χ0) is 12.4. The summed E-state index contributed by atoms with van der Waals surface area (Å²) in [5, 5.41) is 11.1. The van der Waals surface area contributed by atoms with Crippen molar-refractivity contribution in [1.29, 1.82) is 0 Å². The number of thiazole rings is 1. The van der Waals surface area contributed by atoms with Crippen molar-refractivity contribution in [2.45, 2.75) is 20.4 Å². The van der Waals surface area contributed by atoms with Crippen LogP contribution in [0.3, 0.4) is 0 Å². The van der Waals surface area contributed by atoms with Crippen LogP contribution in [0, 0.1) is 13.8 Å². The van der Waals surface area contributed by atoms with Crippen molar-refractivity contribution in [2.75, 3.05) is 0 Å². The quantitative estimate of drug-likeness (QED) is 0.876. The van der Waals surface area contributed by atoms with Crippen molar-refractivity contribution >= 4 is 17.2 Å². The fraction of sp³-hybridized carbons (Fsp3) is 0.400. The number of rotatable bonds is 3. The summed E-state index contributed by atoms with van der Waals surface area (Å²) in [6.07, 6.45) is 1.58. The lowest BCUT2D eigenvalue weighted by atomic mass is 10.4. The van der Waals surface area contributed by atoms with Gasteiger partial charge in [0, 0.05) is 11.9 Å². The van der Waals surface area contributed by atoms with Crippen LogP contribution in [-0.2, 0) is 13.6 Å². The molecule has 17 heavy (non-hydrogen) atoms. The number of carbonyl (C=O) groups is 1. The SMILES string of the molecule is Cc1nc(CNC(=O)c2cn(C)nn2)sc1C. The minimum atomic E-state index is -0.233. The predicted octanol–water partition coefficient (Wildman–Crippen LogP) is 0.818. The fourth-order valence-electron chi connectivity index (χ4n) is 1.31. The van der Waals surface area contributed by atoms with E-state index < -0.39 is 0 Å². The van der Waals surface area contributed by atoms with Gasteiger partial charge in [-0.25, -0.2) is 4.98 Å². The average Bonchev–Trinajstić information content (AvgIpc) is 2.83. The van der Waals surface area contributed by atoms with Crippen molar-refractivity contribution in [1.82, 2.24) is 25.3 Å². The van der Waals surface area contributed by atoms with E-state index in [1.165, 1.54) is 9.56 Å². The van der Waals surface area contributed by atoms with Crippen LogP contribution >= 0.6 is 11.3 Å². The molecule has 0 fully saturated rings. The minimum Gasteiger partial charge on any atom is -0.344 e. The molecule has 0 saturated carbocycles. The Morgan fingerprint density at radius 3 is 2.82 bits per heavy atom. The Balaban J connectivity index is 1.96. The van der Waals surface area contributed by atoms with E-state index in [0.29, 0.717) is 12.2 Å². The van der Waals surface area contributed by atoms with Gasteiger partial charge in [-0.2, -0.15) is 0 Å². The molecule has 1 N–H and O–H groups in total. The summed E-state index contributed by atoms with van der Waals surface area (Å²) >= 11 is 1.59. The molecular weight excluding hydrogens is 238 g/mol. The second kappa shape index (κ2) is 4.62. The van der Waals surface area contributed by atoms with Crippen molar-refractivity contribution in [3.63, 3.8) is 0 Å². The average molecular weight is 251 g/mol. The molecule has 2 rings (SSSR count). The van der Waals surface area contributed by atoms with Gasteiger partial charge in [-0.15, -0.1) is 16.4 Å². The molecule has 1 amide bonds. The van der Waals surface area contributed by atoms with Gasteiger partial charge >= 0.3 is 0 Å². The first-order chi connectivity index (χ1) is 8.06. The molecule has 0 aromatic carbocycles. The number of aryl methyl sites for hydroxylation is 3. The summed E-state index contributed by atoms with van der Waals surface area (Å²) in [6.45, 7) is 4.40. The van der Waals surface area contributed by atoms with E-state index in [-0.39, 0.29) is 5.91 Å². The minimum absolute atomic E-state index is 0.233. The second-order valence-corrected chi connectivity index (χ2v) is 5.00. The van der Waals surface area contributed by atoms with Crippen molar-refractivity contribution in [3.8, 4) is 0 Å². The van der Waals surface area contributed by atoms with E-state index >= 15 is 0 Å². The third kappa shape index (κ3) is 2.68. The third-order valence-electron chi connectivity index (χ3n) is 2.31. The van der Waals surface area contributed by atoms with Crippen LogP contribution in [0.4, 0.5) is 0 Å². The van der Waals surface area contributed by atoms with E-state index in [2.05, 4.69) is 20.6 Å². The van der Waals surface area contributed by atoms with E-state index in [4.69, 9.17) is 0 Å². The Morgan fingerprint density at radius 1 is 1.53 bits per heavy atom. The smallest absolute Gasteiger partial charge is 0.273 e. The topological polar surface area (TPSA) is 72.7 Å². The molecule has 0 bridgehead atoms. The molecular formula is C10H13N5OS. The maximum absolute atomic E-state index is 11.7. The molecule has 2 aromatic rings. The van der Waals surface area contributed by atoms with E-state index in [0.717, 1.165) is 10.7 Å². The zero-order valence-corrected chi connectivity index (χ0v) is 10.7. The van der Waals surface area contributed by atoms with Crippen LogP contribution < -0.4 is 5.32 Å². The van der Waals surface area contributed by atoms with Gasteiger partial charge in [0.25, 0.3) is 5.91 Å². The molecule has 0 aliphatic heterocycles. The molecule has 6 nitrogen and oxygen atoms in total. The van der Waals surface area contributed by atoms with Crippen LogP contribution in [0.1, 0.15) is 26.1 Å². The molecule has 0 spiro atoms. The van der Waals surface area contributed by atoms with E-state index in [1.807, 2.05) is 13.8 Å². The standard InChI is InChI=1S/C10H13N5OS/c1-6-7(2)17-9(12-6)4-11-10(16)8-5-15(3)14-13-8/h5H,4H2,1-3H3,(H,11,16). The number of aromatic nitrogens is 4. The highest BCUT2D eigenvalue weighted by atomic mass is 32.1. The molecule has 0 atom stereocenters. The number of hydrogen-bond acceptors (Lipinski definition) is 5. The van der Waals surface area contributed by atoms with Gasteiger partial charge in [0.2, 0.25) is 0 Å². The highest BCUT2D eigenvalue weighted by Crippen LogP contribution is 2.15. The monoisotopic (exact) mass is 251 g/mol. The summed E-state index contributed by atoms with van der Waals surface area (Å²) < 4.78 is 1.49. The van der Waals surface area contributed by atoms with Gasteiger partial charge in [-0.3, -0.25) is 9.48 Å². The van der Waals surface area contributed by atoms with Crippen LogP contribution in [-0.4, -0.2) is 25.9 Å². The highest BCUT2D eigenvalue weighted by Gasteiger charge is 2.10. The fourth-order valence-corrected chi connectivity index (χ4v) is 2.19. The van der Waals surface area contributed by atoms with Crippen LogP contribution in [0.15, 0.2) is 6.20 Å². The summed E-state index contributed by atoms with van der Waals surface area (Å²) in [4.78, 5) is 17.2. The Kier molecular flexibility index (Phi) is 3.19.